The molecule has 5 aromatic rings. The minimum atomic E-state index is -0.555. The molecule has 0 spiro atoms. The number of carbonyl (C=O) groups is 1. The van der Waals surface area contributed by atoms with Crippen molar-refractivity contribution in [2.24, 2.45) is 0 Å². The Morgan fingerprint density at radius 2 is 1.75 bits per heavy atom. The Balaban J connectivity index is 1.56. The lowest BCUT2D eigenvalue weighted by molar-refractivity contribution is 0.0706. The number of fused-ring (bicyclic) bond motifs is 2. The van der Waals surface area contributed by atoms with E-state index in [-0.39, 0.29) is 5.56 Å². The van der Waals surface area contributed by atoms with Gasteiger partial charge in [0, 0.05) is 33.1 Å². The first-order valence-electron chi connectivity index (χ1n) is 10.2. The zero-order valence-corrected chi connectivity index (χ0v) is 17.8. The van der Waals surface area contributed by atoms with Gasteiger partial charge in [0.2, 0.25) is 0 Å². The van der Waals surface area contributed by atoms with Crippen LogP contribution in [0.25, 0.3) is 32.4 Å². The number of rotatable bonds is 5. The molecule has 0 bridgehead atoms. The number of hydrogen-bond acceptors (Lipinski definition) is 5. The van der Waals surface area contributed by atoms with Crippen molar-refractivity contribution in [3.63, 3.8) is 0 Å². The second-order valence-corrected chi connectivity index (χ2v) is 8.35. The molecule has 2 heterocycles. The van der Waals surface area contributed by atoms with E-state index in [0.29, 0.717) is 24.2 Å². The van der Waals surface area contributed by atoms with E-state index in [1.54, 1.807) is 33.5 Å². The van der Waals surface area contributed by atoms with Crippen molar-refractivity contribution in [2.45, 2.75) is 13.0 Å². The van der Waals surface area contributed by atoms with E-state index < -0.39 is 5.91 Å². The van der Waals surface area contributed by atoms with Gasteiger partial charge in [-0.05, 0) is 42.3 Å². The van der Waals surface area contributed by atoms with E-state index in [9.17, 15) is 9.59 Å². The smallest absolute Gasteiger partial charge is 0.277 e. The quantitative estimate of drug-likeness (QED) is 0.307. The van der Waals surface area contributed by atoms with E-state index in [0.717, 1.165) is 32.2 Å². The average Bonchev–Trinajstić information content (AvgIpc) is 3.27. The Kier molecular flexibility index (Phi) is 5.26. The Hall–Kier alpha value is -3.81. The predicted molar refractivity (Wildman–Crippen MR) is 126 cm³/mol. The van der Waals surface area contributed by atoms with Gasteiger partial charge in [-0.1, -0.05) is 42.5 Å². The molecule has 0 fully saturated rings. The summed E-state index contributed by atoms with van der Waals surface area (Å²) in [4.78, 5) is 29.8. The molecule has 3 aromatic carbocycles. The fourth-order valence-electron chi connectivity index (χ4n) is 3.88. The Bertz CT molecular complexity index is 1500. The number of nitrogens with zero attached hydrogens (tertiary/aromatic N) is 2. The number of carbonyl (C=O) groups excluding carboxylic acids is 1. The first kappa shape index (κ1) is 20.1. The maximum absolute atomic E-state index is 13.6. The summed E-state index contributed by atoms with van der Waals surface area (Å²) < 4.78 is 2.90. The van der Waals surface area contributed by atoms with Crippen LogP contribution in [0.2, 0.25) is 0 Å². The fraction of sp³-hybridized carbons (Fsp3) is 0.0800. The minimum absolute atomic E-state index is 0.122. The van der Waals surface area contributed by atoms with Gasteiger partial charge in [-0.3, -0.25) is 14.8 Å². The third-order valence-electron chi connectivity index (χ3n) is 5.53. The molecule has 0 saturated heterocycles. The molecule has 1 amide bonds. The number of amides is 1. The number of aromatic nitrogens is 2. The predicted octanol–water partition coefficient (Wildman–Crippen LogP) is 4.64. The maximum Gasteiger partial charge on any atom is 0.277 e. The number of nitrogens with one attached hydrogen (secondary N) is 1. The zero-order chi connectivity index (χ0) is 22.1. The lowest BCUT2D eigenvalue weighted by atomic mass is 10.1. The lowest BCUT2D eigenvalue weighted by Crippen LogP contribution is -2.24. The van der Waals surface area contributed by atoms with Crippen LogP contribution in [0.1, 0.15) is 15.9 Å². The van der Waals surface area contributed by atoms with Gasteiger partial charge >= 0.3 is 0 Å². The molecular formula is C25H19N3O3S. The van der Waals surface area contributed by atoms with Gasteiger partial charge < -0.3 is 4.57 Å². The largest absolute Gasteiger partial charge is 0.305 e. The van der Waals surface area contributed by atoms with E-state index in [1.165, 1.54) is 0 Å². The summed E-state index contributed by atoms with van der Waals surface area (Å²) >= 11 is 1.61. The molecule has 5 rings (SSSR count). The van der Waals surface area contributed by atoms with Crippen LogP contribution in [0.4, 0.5) is 0 Å². The summed E-state index contributed by atoms with van der Waals surface area (Å²) in [5.41, 5.74) is 5.73. The van der Waals surface area contributed by atoms with Crippen LogP contribution in [0.15, 0.2) is 83.0 Å². The molecule has 2 N–H and O–H groups in total. The summed E-state index contributed by atoms with van der Waals surface area (Å²) in [6.45, 7) is 0.475. The molecule has 0 aliphatic heterocycles. The van der Waals surface area contributed by atoms with Crippen molar-refractivity contribution in [3.05, 3.63) is 99.7 Å². The Morgan fingerprint density at radius 3 is 2.56 bits per heavy atom. The SMILES string of the molecule is O=C(NO)c1ccc(CCn2c(=O)c(-c3csc4ccccc34)nc3ccccc32)cc1. The number of aryl methyl sites for hydroxylation is 2. The number of benzene rings is 3. The minimum Gasteiger partial charge on any atom is -0.305 e. The number of hydroxylamine groups is 1. The van der Waals surface area contributed by atoms with Crippen LogP contribution in [0, 0.1) is 0 Å². The van der Waals surface area contributed by atoms with Crippen molar-refractivity contribution in [1.29, 1.82) is 0 Å². The highest BCUT2D eigenvalue weighted by Crippen LogP contribution is 2.32. The molecule has 0 atom stereocenters. The van der Waals surface area contributed by atoms with Gasteiger partial charge in [-0.15, -0.1) is 11.3 Å². The van der Waals surface area contributed by atoms with E-state index >= 15 is 0 Å². The van der Waals surface area contributed by atoms with E-state index in [4.69, 9.17) is 10.2 Å². The molecule has 2 aromatic heterocycles. The summed E-state index contributed by atoms with van der Waals surface area (Å²) in [6.07, 6.45) is 0.610. The van der Waals surface area contributed by atoms with Crippen LogP contribution in [-0.2, 0) is 13.0 Å². The first-order valence-corrected chi connectivity index (χ1v) is 11.0. The number of hydrogen-bond donors (Lipinski definition) is 2. The van der Waals surface area contributed by atoms with Crippen LogP contribution in [0.5, 0.6) is 0 Å². The topological polar surface area (TPSA) is 84.2 Å². The van der Waals surface area contributed by atoms with Gasteiger partial charge in [0.05, 0.1) is 11.0 Å². The summed E-state index contributed by atoms with van der Waals surface area (Å²) in [7, 11) is 0. The van der Waals surface area contributed by atoms with E-state index in [2.05, 4.69) is 0 Å². The van der Waals surface area contributed by atoms with Gasteiger partial charge in [-0.25, -0.2) is 10.5 Å². The number of para-hydroxylation sites is 2. The summed E-state index contributed by atoms with van der Waals surface area (Å²) in [5, 5.41) is 11.8. The van der Waals surface area contributed by atoms with Crippen molar-refractivity contribution in [2.75, 3.05) is 0 Å². The molecule has 0 aliphatic rings. The second-order valence-electron chi connectivity index (χ2n) is 7.44. The van der Waals surface area contributed by atoms with Crippen LogP contribution in [-0.4, -0.2) is 20.7 Å². The molecule has 6 nitrogen and oxygen atoms in total. The maximum atomic E-state index is 13.6. The third kappa shape index (κ3) is 3.57. The van der Waals surface area contributed by atoms with Crippen molar-refractivity contribution in [1.82, 2.24) is 15.0 Å². The standard InChI is InChI=1S/C25H19N3O3S/c29-24(27-31)17-11-9-16(10-12-17)13-14-28-21-7-3-2-6-20(21)26-23(25(28)30)19-15-32-22-8-4-1-5-18(19)22/h1-12,15,31H,13-14H2,(H,27,29). The normalized spacial score (nSPS) is 11.2. The highest BCUT2D eigenvalue weighted by Gasteiger charge is 2.16. The van der Waals surface area contributed by atoms with Crippen molar-refractivity contribution in [3.8, 4) is 11.3 Å². The molecule has 0 aliphatic carbocycles. The van der Waals surface area contributed by atoms with Gasteiger partial charge in [0.15, 0.2) is 0 Å². The monoisotopic (exact) mass is 441 g/mol. The second kappa shape index (κ2) is 8.37. The molecule has 7 heteroatoms. The van der Waals surface area contributed by atoms with Gasteiger partial charge in [0.25, 0.3) is 11.5 Å². The Morgan fingerprint density at radius 1 is 1.00 bits per heavy atom. The molecule has 32 heavy (non-hydrogen) atoms. The average molecular weight is 442 g/mol. The number of thiophene rings is 1. The highest BCUT2D eigenvalue weighted by atomic mass is 32.1. The molecule has 0 saturated carbocycles. The fourth-order valence-corrected chi connectivity index (χ4v) is 4.82. The summed E-state index contributed by atoms with van der Waals surface area (Å²) in [6, 6.07) is 22.6. The van der Waals surface area contributed by atoms with Crippen LogP contribution < -0.4 is 11.0 Å². The zero-order valence-electron chi connectivity index (χ0n) is 17.0. The summed E-state index contributed by atoms with van der Waals surface area (Å²) in [5.74, 6) is -0.555. The molecule has 0 unspecified atom stereocenters. The van der Waals surface area contributed by atoms with E-state index in [1.807, 2.05) is 66.0 Å². The van der Waals surface area contributed by atoms with Gasteiger partial charge in [0.1, 0.15) is 5.69 Å². The lowest BCUT2D eigenvalue weighted by Gasteiger charge is -2.12. The molecular weight excluding hydrogens is 422 g/mol. The van der Waals surface area contributed by atoms with Crippen LogP contribution >= 0.6 is 11.3 Å². The van der Waals surface area contributed by atoms with Crippen molar-refractivity contribution < 1.29 is 10.0 Å². The third-order valence-corrected chi connectivity index (χ3v) is 6.49. The molecule has 0 radical (unpaired) electrons. The van der Waals surface area contributed by atoms with Crippen molar-refractivity contribution >= 4 is 38.4 Å². The van der Waals surface area contributed by atoms with Crippen LogP contribution in [0.3, 0.4) is 0 Å². The molecule has 158 valence electrons. The first-order chi connectivity index (χ1) is 15.7. The Labute approximate surface area is 187 Å². The van der Waals surface area contributed by atoms with Gasteiger partial charge in [-0.2, -0.15) is 0 Å². The highest BCUT2D eigenvalue weighted by molar-refractivity contribution is 7.17.